The average Bonchev–Trinajstić information content (AvgIpc) is 2.90. The Bertz CT molecular complexity index is 563. The van der Waals surface area contributed by atoms with Crippen molar-refractivity contribution in [1.29, 1.82) is 0 Å². The molecule has 0 saturated carbocycles. The highest BCUT2D eigenvalue weighted by Crippen LogP contribution is 2.11. The lowest BCUT2D eigenvalue weighted by Gasteiger charge is -2.01. The number of carbonyl (C=O) groups is 1. The summed E-state index contributed by atoms with van der Waals surface area (Å²) in [6, 6.07) is 7.87. The van der Waals surface area contributed by atoms with Crippen LogP contribution < -0.4 is 0 Å². The molecule has 0 radical (unpaired) electrons. The smallest absolute Gasteiger partial charge is 0.396 e. The van der Waals surface area contributed by atoms with Crippen LogP contribution in [0.25, 0.3) is 0 Å². The lowest BCUT2D eigenvalue weighted by atomic mass is 10.1. The van der Waals surface area contributed by atoms with Gasteiger partial charge in [0.1, 0.15) is 0 Å². The van der Waals surface area contributed by atoms with Crippen molar-refractivity contribution in [2.24, 2.45) is 0 Å². The Kier molecular flexibility index (Phi) is 4.84. The van der Waals surface area contributed by atoms with E-state index in [4.69, 9.17) is 13.9 Å². The summed E-state index contributed by atoms with van der Waals surface area (Å²) < 4.78 is 15.1. The summed E-state index contributed by atoms with van der Waals surface area (Å²) in [5.74, 6) is -0.327. The molecule has 0 spiro atoms. The molecule has 0 bridgehead atoms. The van der Waals surface area contributed by atoms with Crippen LogP contribution in [0.5, 0.6) is 0 Å². The lowest BCUT2D eigenvalue weighted by molar-refractivity contribution is 0.0479. The van der Waals surface area contributed by atoms with E-state index in [0.29, 0.717) is 18.9 Å². The Labute approximate surface area is 116 Å². The Morgan fingerprint density at radius 1 is 1.20 bits per heavy atom. The molecular formula is C14H16N2O4. The van der Waals surface area contributed by atoms with E-state index in [9.17, 15) is 4.79 Å². The minimum Gasteiger partial charge on any atom is -0.459 e. The summed E-state index contributed by atoms with van der Waals surface area (Å²) in [5.41, 5.74) is 2.11. The number of nitrogens with zero attached hydrogens (tertiary/aromatic N) is 2. The molecule has 0 aliphatic rings. The third-order valence-electron chi connectivity index (χ3n) is 2.61. The van der Waals surface area contributed by atoms with Gasteiger partial charge in [-0.15, -0.1) is 10.2 Å². The second kappa shape index (κ2) is 6.81. The fourth-order valence-electron chi connectivity index (χ4n) is 1.69. The zero-order valence-corrected chi connectivity index (χ0v) is 11.5. The number of hydrogen-bond acceptors (Lipinski definition) is 6. The third-order valence-corrected chi connectivity index (χ3v) is 2.61. The van der Waals surface area contributed by atoms with Crippen molar-refractivity contribution >= 4 is 5.97 Å². The number of rotatable bonds is 6. The van der Waals surface area contributed by atoms with Gasteiger partial charge in [0.25, 0.3) is 0 Å². The molecule has 0 atom stereocenters. The molecule has 0 saturated heterocycles. The second-order valence-electron chi connectivity index (χ2n) is 4.15. The van der Waals surface area contributed by atoms with Gasteiger partial charge in [-0.05, 0) is 18.1 Å². The van der Waals surface area contributed by atoms with Crippen molar-refractivity contribution in [3.8, 4) is 0 Å². The van der Waals surface area contributed by atoms with Crippen LogP contribution in [-0.2, 0) is 22.5 Å². The van der Waals surface area contributed by atoms with E-state index in [1.54, 1.807) is 14.0 Å². The molecule has 1 aromatic heterocycles. The van der Waals surface area contributed by atoms with E-state index in [0.717, 1.165) is 11.1 Å². The van der Waals surface area contributed by atoms with Crippen molar-refractivity contribution in [3.05, 3.63) is 47.2 Å². The van der Waals surface area contributed by atoms with Crippen LogP contribution in [0.15, 0.2) is 28.7 Å². The summed E-state index contributed by atoms with van der Waals surface area (Å²) >= 11 is 0. The van der Waals surface area contributed by atoms with Gasteiger partial charge in [0.2, 0.25) is 5.89 Å². The highest BCUT2D eigenvalue weighted by molar-refractivity contribution is 5.83. The summed E-state index contributed by atoms with van der Waals surface area (Å²) in [6.45, 7) is 2.57. The minimum atomic E-state index is -0.596. The topological polar surface area (TPSA) is 74.5 Å². The van der Waals surface area contributed by atoms with Crippen LogP contribution in [0.4, 0.5) is 0 Å². The van der Waals surface area contributed by atoms with Crippen molar-refractivity contribution < 1.29 is 18.7 Å². The molecule has 20 heavy (non-hydrogen) atoms. The highest BCUT2D eigenvalue weighted by Gasteiger charge is 2.15. The van der Waals surface area contributed by atoms with Gasteiger partial charge in [0.05, 0.1) is 19.6 Å². The minimum absolute atomic E-state index is 0.113. The average molecular weight is 276 g/mol. The zero-order chi connectivity index (χ0) is 14.4. The molecule has 1 aromatic carbocycles. The van der Waals surface area contributed by atoms with Crippen molar-refractivity contribution in [2.45, 2.75) is 20.0 Å². The van der Waals surface area contributed by atoms with E-state index < -0.39 is 5.97 Å². The number of benzene rings is 1. The molecule has 6 heteroatoms. The molecule has 0 N–H and O–H groups in total. The first kappa shape index (κ1) is 14.2. The van der Waals surface area contributed by atoms with Gasteiger partial charge in [0, 0.05) is 7.11 Å². The largest absolute Gasteiger partial charge is 0.459 e. The number of esters is 1. The monoisotopic (exact) mass is 276 g/mol. The van der Waals surface area contributed by atoms with Crippen LogP contribution in [0.2, 0.25) is 0 Å². The molecule has 0 fully saturated rings. The molecule has 106 valence electrons. The lowest BCUT2D eigenvalue weighted by Crippen LogP contribution is -2.04. The molecule has 0 amide bonds. The maximum Gasteiger partial charge on any atom is 0.396 e. The van der Waals surface area contributed by atoms with E-state index >= 15 is 0 Å². The molecular weight excluding hydrogens is 260 g/mol. The van der Waals surface area contributed by atoms with Gasteiger partial charge in [-0.25, -0.2) is 4.79 Å². The van der Waals surface area contributed by atoms with E-state index in [1.807, 2.05) is 24.3 Å². The summed E-state index contributed by atoms with van der Waals surface area (Å²) in [4.78, 5) is 11.4. The van der Waals surface area contributed by atoms with Gasteiger partial charge in [-0.1, -0.05) is 24.3 Å². The first-order valence-electron chi connectivity index (χ1n) is 6.29. The Hall–Kier alpha value is -2.21. The standard InChI is InChI=1S/C14H16N2O4/c1-3-19-14(17)13-16-15-12(20-13)8-10-4-6-11(7-5-10)9-18-2/h4-7H,3,8-9H2,1-2H3. The Balaban J connectivity index is 2.01. The number of hydrogen-bond donors (Lipinski definition) is 0. The van der Waals surface area contributed by atoms with E-state index in [-0.39, 0.29) is 12.5 Å². The SMILES string of the molecule is CCOC(=O)c1nnc(Cc2ccc(COC)cc2)o1. The first-order chi connectivity index (χ1) is 9.72. The van der Waals surface area contributed by atoms with Crippen LogP contribution in [0.3, 0.4) is 0 Å². The molecule has 2 aromatic rings. The highest BCUT2D eigenvalue weighted by atomic mass is 16.5. The third kappa shape index (κ3) is 3.64. The van der Waals surface area contributed by atoms with Crippen LogP contribution in [0, 0.1) is 0 Å². The zero-order valence-electron chi connectivity index (χ0n) is 11.5. The summed E-state index contributed by atoms with van der Waals surface area (Å²) in [7, 11) is 1.66. The molecule has 1 heterocycles. The van der Waals surface area contributed by atoms with E-state index in [1.165, 1.54) is 0 Å². The molecule has 0 aliphatic carbocycles. The molecule has 6 nitrogen and oxygen atoms in total. The summed E-state index contributed by atoms with van der Waals surface area (Å²) in [5, 5.41) is 7.50. The predicted molar refractivity (Wildman–Crippen MR) is 70.2 cm³/mol. The normalized spacial score (nSPS) is 10.5. The van der Waals surface area contributed by atoms with Crippen LogP contribution >= 0.6 is 0 Å². The number of carbonyl (C=O) groups excluding carboxylic acids is 1. The molecule has 0 aliphatic heterocycles. The van der Waals surface area contributed by atoms with Gasteiger partial charge >= 0.3 is 11.9 Å². The Morgan fingerprint density at radius 3 is 2.55 bits per heavy atom. The fourth-order valence-corrected chi connectivity index (χ4v) is 1.69. The Morgan fingerprint density at radius 2 is 1.90 bits per heavy atom. The van der Waals surface area contributed by atoms with Crippen molar-refractivity contribution in [1.82, 2.24) is 10.2 Å². The van der Waals surface area contributed by atoms with Gasteiger partial charge in [-0.2, -0.15) is 0 Å². The molecule has 2 rings (SSSR count). The quantitative estimate of drug-likeness (QED) is 0.751. The first-order valence-corrected chi connectivity index (χ1v) is 6.29. The van der Waals surface area contributed by atoms with Gasteiger partial charge in [-0.3, -0.25) is 0 Å². The van der Waals surface area contributed by atoms with Crippen LogP contribution in [0.1, 0.15) is 34.6 Å². The summed E-state index contributed by atoms with van der Waals surface area (Å²) in [6.07, 6.45) is 0.472. The van der Waals surface area contributed by atoms with Crippen molar-refractivity contribution in [3.63, 3.8) is 0 Å². The van der Waals surface area contributed by atoms with Gasteiger partial charge < -0.3 is 13.9 Å². The number of ether oxygens (including phenoxy) is 2. The fraction of sp³-hybridized carbons (Fsp3) is 0.357. The number of aromatic nitrogens is 2. The molecule has 0 unspecified atom stereocenters. The number of methoxy groups -OCH3 is 1. The van der Waals surface area contributed by atoms with E-state index in [2.05, 4.69) is 10.2 Å². The van der Waals surface area contributed by atoms with Crippen molar-refractivity contribution in [2.75, 3.05) is 13.7 Å². The second-order valence-corrected chi connectivity index (χ2v) is 4.15. The van der Waals surface area contributed by atoms with Crippen LogP contribution in [-0.4, -0.2) is 29.9 Å². The predicted octanol–water partition coefficient (Wildman–Crippen LogP) is 1.98. The van der Waals surface area contributed by atoms with Gasteiger partial charge in [0.15, 0.2) is 0 Å². The maximum atomic E-state index is 11.4. The maximum absolute atomic E-state index is 11.4.